The zero-order valence-corrected chi connectivity index (χ0v) is 18.7. The highest BCUT2D eigenvalue weighted by Crippen LogP contribution is 2.17. The highest BCUT2D eigenvalue weighted by atomic mass is 16.5. The van der Waals surface area contributed by atoms with E-state index in [4.69, 9.17) is 4.74 Å². The molecule has 1 amide bonds. The Bertz CT molecular complexity index is 855. The molecular weight excluding hydrogens is 378 g/mol. The van der Waals surface area contributed by atoms with Gasteiger partial charge in [0.2, 0.25) is 5.91 Å². The average Bonchev–Trinajstić information content (AvgIpc) is 2.63. The van der Waals surface area contributed by atoms with Gasteiger partial charge in [0.25, 0.3) is 0 Å². The number of carbonyl (C=O) groups excluding carboxylic acids is 1. The molecule has 0 saturated heterocycles. The lowest BCUT2D eigenvalue weighted by atomic mass is 10.1. The summed E-state index contributed by atoms with van der Waals surface area (Å²) in [6, 6.07) is 13.4. The summed E-state index contributed by atoms with van der Waals surface area (Å²) in [7, 11) is 0. The van der Waals surface area contributed by atoms with Gasteiger partial charge in [0, 0.05) is 16.9 Å². The number of aromatic nitrogens is 1. The summed E-state index contributed by atoms with van der Waals surface area (Å²) in [4.78, 5) is 21.3. The lowest BCUT2D eigenvalue weighted by molar-refractivity contribution is -0.121. The minimum atomic E-state index is -0.290. The van der Waals surface area contributed by atoms with E-state index in [-0.39, 0.29) is 24.1 Å². The minimum Gasteiger partial charge on any atom is -0.491 e. The number of aryl methyl sites for hydroxylation is 1. The van der Waals surface area contributed by atoms with Crippen molar-refractivity contribution in [1.29, 1.82) is 0 Å². The molecule has 0 aliphatic heterocycles. The number of nitrogens with zero attached hydrogens (tertiary/aromatic N) is 2. The van der Waals surface area contributed by atoms with Crippen LogP contribution in [-0.2, 0) is 11.3 Å². The standard InChI is InChI=1S/C23H33N5O2/c1-16(2)30-20-12-10-18(11-13-20)27-22(25-15-21(29)28-23(4,5)6)24-14-19-9-7-8-17(3)26-19/h7-13,16H,14-15H2,1-6H3,(H,28,29)(H2,24,25,27). The summed E-state index contributed by atoms with van der Waals surface area (Å²) < 4.78 is 5.68. The number of rotatable bonds is 7. The Morgan fingerprint density at radius 3 is 2.43 bits per heavy atom. The largest absolute Gasteiger partial charge is 0.491 e. The fraction of sp³-hybridized carbons (Fsp3) is 0.435. The van der Waals surface area contributed by atoms with Crippen molar-refractivity contribution in [2.75, 3.05) is 11.9 Å². The van der Waals surface area contributed by atoms with E-state index >= 15 is 0 Å². The van der Waals surface area contributed by atoms with E-state index in [1.165, 1.54) is 0 Å². The van der Waals surface area contributed by atoms with E-state index in [1.54, 1.807) is 0 Å². The molecular formula is C23H33N5O2. The number of nitrogens with one attached hydrogen (secondary N) is 3. The van der Waals surface area contributed by atoms with Crippen LogP contribution in [0.5, 0.6) is 5.75 Å². The molecule has 0 bridgehead atoms. The minimum absolute atomic E-state index is 0.105. The van der Waals surface area contributed by atoms with Gasteiger partial charge < -0.3 is 20.7 Å². The second-order valence-electron chi connectivity index (χ2n) is 8.40. The van der Waals surface area contributed by atoms with Crippen LogP contribution in [0, 0.1) is 6.92 Å². The van der Waals surface area contributed by atoms with E-state index in [2.05, 4.69) is 25.9 Å². The van der Waals surface area contributed by atoms with Gasteiger partial charge in [-0.2, -0.15) is 0 Å². The molecule has 7 heteroatoms. The third-order valence-corrected chi connectivity index (χ3v) is 3.76. The van der Waals surface area contributed by atoms with Gasteiger partial charge in [-0.3, -0.25) is 9.78 Å². The van der Waals surface area contributed by atoms with E-state index < -0.39 is 0 Å². The normalized spacial score (nSPS) is 11.9. The number of anilines is 1. The average molecular weight is 412 g/mol. The molecule has 1 aromatic heterocycles. The van der Waals surface area contributed by atoms with Crippen molar-refractivity contribution in [3.63, 3.8) is 0 Å². The van der Waals surface area contributed by atoms with Crippen LogP contribution < -0.4 is 20.7 Å². The summed E-state index contributed by atoms with van der Waals surface area (Å²) in [6.07, 6.45) is 0.116. The first-order chi connectivity index (χ1) is 14.1. The van der Waals surface area contributed by atoms with Gasteiger partial charge in [-0.05, 0) is 77.9 Å². The van der Waals surface area contributed by atoms with Crippen molar-refractivity contribution < 1.29 is 9.53 Å². The first-order valence-corrected chi connectivity index (χ1v) is 10.2. The Kier molecular flexibility index (Phi) is 8.21. The lowest BCUT2D eigenvalue weighted by Gasteiger charge is -2.21. The van der Waals surface area contributed by atoms with Gasteiger partial charge in [-0.15, -0.1) is 0 Å². The van der Waals surface area contributed by atoms with Crippen LogP contribution in [0.1, 0.15) is 46.0 Å². The lowest BCUT2D eigenvalue weighted by Crippen LogP contribution is -2.46. The SMILES string of the molecule is Cc1cccc(CN=C(NCC(=O)NC(C)(C)C)Nc2ccc(OC(C)C)cc2)n1. The Labute approximate surface area is 179 Å². The Hall–Kier alpha value is -3.09. The summed E-state index contributed by atoms with van der Waals surface area (Å²) in [6.45, 7) is 12.3. The zero-order valence-electron chi connectivity index (χ0n) is 18.7. The number of pyridine rings is 1. The van der Waals surface area contributed by atoms with Gasteiger partial charge in [0.05, 0.1) is 24.9 Å². The maximum atomic E-state index is 12.2. The summed E-state index contributed by atoms with van der Waals surface area (Å²) >= 11 is 0. The van der Waals surface area contributed by atoms with Gasteiger partial charge >= 0.3 is 0 Å². The molecule has 7 nitrogen and oxygen atoms in total. The van der Waals surface area contributed by atoms with Crippen LogP contribution in [0.3, 0.4) is 0 Å². The van der Waals surface area contributed by atoms with Crippen molar-refractivity contribution in [3.8, 4) is 5.75 Å². The van der Waals surface area contributed by atoms with Gasteiger partial charge in [0.15, 0.2) is 5.96 Å². The highest BCUT2D eigenvalue weighted by molar-refractivity contribution is 5.96. The number of guanidine groups is 1. The first kappa shape index (κ1) is 23.2. The molecule has 2 rings (SSSR count). The van der Waals surface area contributed by atoms with E-state index in [1.807, 2.05) is 84.0 Å². The van der Waals surface area contributed by atoms with E-state index in [9.17, 15) is 4.79 Å². The third-order valence-electron chi connectivity index (χ3n) is 3.76. The highest BCUT2D eigenvalue weighted by Gasteiger charge is 2.14. The van der Waals surface area contributed by atoms with Crippen LogP contribution in [-0.4, -0.2) is 35.0 Å². The summed E-state index contributed by atoms with van der Waals surface area (Å²) in [5.74, 6) is 1.20. The Morgan fingerprint density at radius 2 is 1.83 bits per heavy atom. The van der Waals surface area contributed by atoms with E-state index in [0.717, 1.165) is 22.8 Å². The Morgan fingerprint density at radius 1 is 1.13 bits per heavy atom. The third kappa shape index (κ3) is 8.94. The fourth-order valence-corrected chi connectivity index (χ4v) is 2.64. The summed E-state index contributed by atoms with van der Waals surface area (Å²) in [5.41, 5.74) is 2.35. The number of hydrogen-bond acceptors (Lipinski definition) is 4. The van der Waals surface area contributed by atoms with Crippen LogP contribution >= 0.6 is 0 Å². The quantitative estimate of drug-likeness (QED) is 0.478. The molecule has 0 saturated carbocycles. The maximum absolute atomic E-state index is 12.2. The van der Waals surface area contributed by atoms with Gasteiger partial charge in [-0.25, -0.2) is 4.99 Å². The predicted octanol–water partition coefficient (Wildman–Crippen LogP) is 3.65. The number of amides is 1. The second kappa shape index (κ2) is 10.6. The van der Waals surface area contributed by atoms with Crippen LogP contribution in [0.25, 0.3) is 0 Å². The topological polar surface area (TPSA) is 87.6 Å². The molecule has 1 heterocycles. The van der Waals surface area contributed by atoms with Crippen molar-refractivity contribution >= 4 is 17.6 Å². The first-order valence-electron chi connectivity index (χ1n) is 10.2. The predicted molar refractivity (Wildman–Crippen MR) is 122 cm³/mol. The number of benzene rings is 1. The molecule has 0 spiro atoms. The zero-order chi connectivity index (χ0) is 22.1. The van der Waals surface area contributed by atoms with E-state index in [0.29, 0.717) is 12.5 Å². The van der Waals surface area contributed by atoms with Gasteiger partial charge in [0.1, 0.15) is 5.75 Å². The summed E-state index contributed by atoms with van der Waals surface area (Å²) in [5, 5.41) is 9.26. The smallest absolute Gasteiger partial charge is 0.239 e. The van der Waals surface area contributed by atoms with Crippen LogP contribution in [0.15, 0.2) is 47.5 Å². The molecule has 0 atom stereocenters. The van der Waals surface area contributed by atoms with Crippen molar-refractivity contribution in [2.24, 2.45) is 4.99 Å². The molecule has 0 fully saturated rings. The monoisotopic (exact) mass is 411 g/mol. The molecule has 0 unspecified atom stereocenters. The second-order valence-corrected chi connectivity index (χ2v) is 8.40. The molecule has 3 N–H and O–H groups in total. The fourth-order valence-electron chi connectivity index (χ4n) is 2.64. The molecule has 0 radical (unpaired) electrons. The molecule has 1 aromatic carbocycles. The number of carbonyl (C=O) groups is 1. The molecule has 2 aromatic rings. The van der Waals surface area contributed by atoms with Crippen LogP contribution in [0.2, 0.25) is 0 Å². The Balaban J connectivity index is 2.09. The van der Waals surface area contributed by atoms with Crippen LogP contribution in [0.4, 0.5) is 5.69 Å². The van der Waals surface area contributed by atoms with Crippen molar-refractivity contribution in [3.05, 3.63) is 53.9 Å². The van der Waals surface area contributed by atoms with Gasteiger partial charge in [-0.1, -0.05) is 6.07 Å². The molecule has 0 aliphatic carbocycles. The number of hydrogen-bond donors (Lipinski definition) is 3. The molecule has 0 aliphatic rings. The number of aliphatic imine (C=N–C) groups is 1. The van der Waals surface area contributed by atoms with Crippen molar-refractivity contribution in [2.45, 2.75) is 59.7 Å². The van der Waals surface area contributed by atoms with Crippen molar-refractivity contribution in [1.82, 2.24) is 15.6 Å². The molecule has 162 valence electrons. The molecule has 30 heavy (non-hydrogen) atoms. The number of ether oxygens (including phenoxy) is 1. The maximum Gasteiger partial charge on any atom is 0.239 e.